The van der Waals surface area contributed by atoms with Gasteiger partial charge in [0.2, 0.25) is 5.91 Å². The minimum Gasteiger partial charge on any atom is -0.387 e. The second-order valence-electron chi connectivity index (χ2n) is 4.15. The third-order valence-electron chi connectivity index (χ3n) is 2.80. The van der Waals surface area contributed by atoms with E-state index >= 15 is 0 Å². The highest BCUT2D eigenvalue weighted by molar-refractivity contribution is 5.78. The van der Waals surface area contributed by atoms with Crippen LogP contribution in [0, 0.1) is 5.82 Å². The fourth-order valence-electron chi connectivity index (χ4n) is 1.88. The highest BCUT2D eigenvalue weighted by Crippen LogP contribution is 2.15. The number of β-amino-alcohol motifs (C(OH)–C–C–N with tert-alkyl or cyclic N) is 1. The minimum absolute atomic E-state index is 0.0254. The van der Waals surface area contributed by atoms with Gasteiger partial charge >= 0.3 is 0 Å². The number of benzene rings is 1. The summed E-state index contributed by atoms with van der Waals surface area (Å²) in [5.41, 5.74) is 0.664. The van der Waals surface area contributed by atoms with Crippen LogP contribution in [0.1, 0.15) is 11.7 Å². The standard InChI is InChI=1S/C12H15FN2O2/c13-10-3-1-9(2-4-10)11(16)7-15-6-5-14-12(17)8-15/h1-4,11,16H,5-8H2,(H,14,17). The Morgan fingerprint density at radius 1 is 1.41 bits per heavy atom. The normalized spacial score (nSPS) is 18.8. The highest BCUT2D eigenvalue weighted by atomic mass is 19.1. The number of aliphatic hydroxyl groups excluding tert-OH is 1. The lowest BCUT2D eigenvalue weighted by molar-refractivity contribution is -0.124. The van der Waals surface area contributed by atoms with Gasteiger partial charge in [0, 0.05) is 19.6 Å². The molecule has 2 N–H and O–H groups in total. The summed E-state index contributed by atoms with van der Waals surface area (Å²) in [4.78, 5) is 13.0. The fourth-order valence-corrected chi connectivity index (χ4v) is 1.88. The number of carbonyl (C=O) groups excluding carboxylic acids is 1. The molecule has 1 unspecified atom stereocenters. The van der Waals surface area contributed by atoms with Gasteiger partial charge in [0.15, 0.2) is 0 Å². The third-order valence-corrected chi connectivity index (χ3v) is 2.80. The molecule has 0 aliphatic carbocycles. The van der Waals surface area contributed by atoms with Crippen LogP contribution in [0.25, 0.3) is 0 Å². The molecule has 0 bridgehead atoms. The van der Waals surface area contributed by atoms with Crippen LogP contribution in [-0.2, 0) is 4.79 Å². The number of hydrogen-bond acceptors (Lipinski definition) is 3. The summed E-state index contributed by atoms with van der Waals surface area (Å²) in [5.74, 6) is -0.346. The molecule has 5 heteroatoms. The fraction of sp³-hybridized carbons (Fsp3) is 0.417. The molecule has 4 nitrogen and oxygen atoms in total. The van der Waals surface area contributed by atoms with Crippen molar-refractivity contribution in [1.29, 1.82) is 0 Å². The van der Waals surface area contributed by atoms with Crippen LogP contribution in [-0.4, -0.2) is 42.1 Å². The van der Waals surface area contributed by atoms with Gasteiger partial charge in [-0.2, -0.15) is 0 Å². The number of amides is 1. The molecule has 1 atom stereocenters. The van der Waals surface area contributed by atoms with Crippen molar-refractivity contribution in [3.8, 4) is 0 Å². The molecular weight excluding hydrogens is 223 g/mol. The number of halogens is 1. The molecule has 0 spiro atoms. The first kappa shape index (κ1) is 12.0. The molecule has 1 aliphatic rings. The van der Waals surface area contributed by atoms with E-state index in [1.165, 1.54) is 12.1 Å². The van der Waals surface area contributed by atoms with Crippen molar-refractivity contribution in [2.45, 2.75) is 6.10 Å². The SMILES string of the molecule is O=C1CN(CC(O)c2ccc(F)cc2)CCN1. The maximum absolute atomic E-state index is 12.7. The zero-order chi connectivity index (χ0) is 12.3. The lowest BCUT2D eigenvalue weighted by atomic mass is 10.1. The van der Waals surface area contributed by atoms with E-state index in [0.717, 1.165) is 6.54 Å². The van der Waals surface area contributed by atoms with Crippen molar-refractivity contribution in [2.24, 2.45) is 0 Å². The Kier molecular flexibility index (Phi) is 3.71. The van der Waals surface area contributed by atoms with E-state index in [1.807, 2.05) is 4.90 Å². The largest absolute Gasteiger partial charge is 0.387 e. The van der Waals surface area contributed by atoms with E-state index in [2.05, 4.69) is 5.32 Å². The van der Waals surface area contributed by atoms with Gasteiger partial charge in [0.05, 0.1) is 12.6 Å². The Hall–Kier alpha value is -1.46. The molecule has 1 aromatic rings. The molecule has 0 saturated carbocycles. The first-order valence-electron chi connectivity index (χ1n) is 5.58. The quantitative estimate of drug-likeness (QED) is 0.796. The van der Waals surface area contributed by atoms with Gasteiger partial charge in [-0.3, -0.25) is 9.69 Å². The molecule has 17 heavy (non-hydrogen) atoms. The second-order valence-corrected chi connectivity index (χ2v) is 4.15. The predicted molar refractivity (Wildman–Crippen MR) is 60.8 cm³/mol. The first-order valence-corrected chi connectivity index (χ1v) is 5.58. The molecule has 1 saturated heterocycles. The molecule has 1 aromatic carbocycles. The third kappa shape index (κ3) is 3.25. The number of aliphatic hydroxyl groups is 1. The molecule has 0 aromatic heterocycles. The van der Waals surface area contributed by atoms with E-state index in [1.54, 1.807) is 12.1 Å². The number of hydrogen-bond donors (Lipinski definition) is 2. The van der Waals surface area contributed by atoms with Crippen molar-refractivity contribution in [3.05, 3.63) is 35.6 Å². The average molecular weight is 238 g/mol. The number of piperazine rings is 1. The van der Waals surface area contributed by atoms with E-state index in [0.29, 0.717) is 25.2 Å². The molecule has 1 aliphatic heterocycles. The summed E-state index contributed by atoms with van der Waals surface area (Å²) in [6.45, 7) is 2.02. The maximum atomic E-state index is 12.7. The average Bonchev–Trinajstić information content (AvgIpc) is 2.29. The van der Waals surface area contributed by atoms with Crippen LogP contribution in [0.2, 0.25) is 0 Å². The molecule has 1 amide bonds. The molecule has 2 rings (SSSR count). The van der Waals surface area contributed by atoms with Crippen LogP contribution in [0.5, 0.6) is 0 Å². The Balaban J connectivity index is 1.94. The molecule has 92 valence electrons. The Morgan fingerprint density at radius 3 is 2.76 bits per heavy atom. The summed E-state index contributed by atoms with van der Waals surface area (Å²) in [6, 6.07) is 5.76. The summed E-state index contributed by atoms with van der Waals surface area (Å²) >= 11 is 0. The zero-order valence-electron chi connectivity index (χ0n) is 9.40. The van der Waals surface area contributed by atoms with E-state index in [9.17, 15) is 14.3 Å². The summed E-state index contributed by atoms with van der Waals surface area (Å²) in [6.07, 6.45) is -0.693. The van der Waals surface area contributed by atoms with Gasteiger partial charge in [-0.1, -0.05) is 12.1 Å². The summed E-state index contributed by atoms with van der Waals surface area (Å²) < 4.78 is 12.7. The van der Waals surface area contributed by atoms with Crippen molar-refractivity contribution in [1.82, 2.24) is 10.2 Å². The molecule has 0 radical (unpaired) electrons. The van der Waals surface area contributed by atoms with Gasteiger partial charge in [0.1, 0.15) is 5.82 Å². The number of carbonyl (C=O) groups is 1. The Labute approximate surface area is 99.0 Å². The van der Waals surface area contributed by atoms with Crippen molar-refractivity contribution >= 4 is 5.91 Å². The smallest absolute Gasteiger partial charge is 0.234 e. The van der Waals surface area contributed by atoms with E-state index in [-0.39, 0.29) is 11.7 Å². The Morgan fingerprint density at radius 2 is 2.12 bits per heavy atom. The van der Waals surface area contributed by atoms with Crippen molar-refractivity contribution in [3.63, 3.8) is 0 Å². The van der Waals surface area contributed by atoms with Crippen LogP contribution in [0.15, 0.2) is 24.3 Å². The maximum Gasteiger partial charge on any atom is 0.234 e. The van der Waals surface area contributed by atoms with Gasteiger partial charge in [-0.15, -0.1) is 0 Å². The highest BCUT2D eigenvalue weighted by Gasteiger charge is 2.19. The lowest BCUT2D eigenvalue weighted by Crippen LogP contribution is -2.48. The molecular formula is C12H15FN2O2. The van der Waals surface area contributed by atoms with Gasteiger partial charge in [0.25, 0.3) is 0 Å². The predicted octanol–water partition coefficient (Wildman–Crippen LogP) is 0.291. The number of nitrogens with one attached hydrogen (secondary N) is 1. The minimum atomic E-state index is -0.693. The van der Waals surface area contributed by atoms with Crippen LogP contribution >= 0.6 is 0 Å². The van der Waals surface area contributed by atoms with Crippen LogP contribution in [0.3, 0.4) is 0 Å². The van der Waals surface area contributed by atoms with Crippen molar-refractivity contribution < 1.29 is 14.3 Å². The second kappa shape index (κ2) is 5.25. The van der Waals surface area contributed by atoms with Crippen LogP contribution in [0.4, 0.5) is 4.39 Å². The number of rotatable bonds is 3. The van der Waals surface area contributed by atoms with E-state index < -0.39 is 6.10 Å². The summed E-state index contributed by atoms with van der Waals surface area (Å²) in [5, 5.41) is 12.7. The summed E-state index contributed by atoms with van der Waals surface area (Å²) in [7, 11) is 0. The van der Waals surface area contributed by atoms with Gasteiger partial charge < -0.3 is 10.4 Å². The van der Waals surface area contributed by atoms with Crippen molar-refractivity contribution in [2.75, 3.05) is 26.2 Å². The van der Waals surface area contributed by atoms with Gasteiger partial charge in [-0.25, -0.2) is 4.39 Å². The molecule has 1 heterocycles. The van der Waals surface area contributed by atoms with Crippen LogP contribution < -0.4 is 5.32 Å². The van der Waals surface area contributed by atoms with E-state index in [4.69, 9.17) is 0 Å². The monoisotopic (exact) mass is 238 g/mol. The topological polar surface area (TPSA) is 52.6 Å². The zero-order valence-corrected chi connectivity index (χ0v) is 9.40. The molecule has 1 fully saturated rings. The first-order chi connectivity index (χ1) is 8.15. The van der Waals surface area contributed by atoms with Gasteiger partial charge in [-0.05, 0) is 17.7 Å². The lowest BCUT2D eigenvalue weighted by Gasteiger charge is -2.28. The number of nitrogens with zero attached hydrogens (tertiary/aromatic N) is 1. The Bertz CT molecular complexity index is 394.